The first-order valence-electron chi connectivity index (χ1n) is 2.60. The van der Waals surface area contributed by atoms with Crippen molar-refractivity contribution in [2.45, 2.75) is 0 Å². The van der Waals surface area contributed by atoms with Crippen molar-refractivity contribution in [3.63, 3.8) is 0 Å². The first-order chi connectivity index (χ1) is 4.74. The van der Waals surface area contributed by atoms with Crippen LogP contribution in [0.3, 0.4) is 0 Å². The van der Waals surface area contributed by atoms with E-state index in [0.29, 0.717) is 4.64 Å². The molecule has 54 valence electrons. The highest BCUT2D eigenvalue weighted by atomic mass is 32.1. The maximum Gasteiger partial charge on any atom is 0.359 e. The van der Waals surface area contributed by atoms with E-state index in [4.69, 9.17) is 0 Å². The zero-order chi connectivity index (χ0) is 7.56. The highest BCUT2D eigenvalue weighted by Gasteiger charge is 1.88. The SMILES string of the molecule is COn1ccc(=S)[nH]c1=O. The van der Waals surface area contributed by atoms with Crippen molar-refractivity contribution in [3.05, 3.63) is 27.4 Å². The van der Waals surface area contributed by atoms with Gasteiger partial charge in [-0.15, -0.1) is 4.73 Å². The average molecular weight is 158 g/mol. The molecule has 0 spiro atoms. The Kier molecular flexibility index (Phi) is 1.86. The molecule has 4 nitrogen and oxygen atoms in total. The van der Waals surface area contributed by atoms with E-state index in [9.17, 15) is 4.79 Å². The number of nitrogens with zero attached hydrogens (tertiary/aromatic N) is 1. The molecule has 1 rings (SSSR count). The number of hydrogen-bond donors (Lipinski definition) is 1. The quantitative estimate of drug-likeness (QED) is 0.583. The second-order valence-electron chi connectivity index (χ2n) is 1.62. The van der Waals surface area contributed by atoms with Crippen LogP contribution in [0.15, 0.2) is 17.1 Å². The van der Waals surface area contributed by atoms with Crippen LogP contribution in [0.25, 0.3) is 0 Å². The minimum absolute atomic E-state index is 0.366. The third-order valence-electron chi connectivity index (χ3n) is 0.988. The van der Waals surface area contributed by atoms with Gasteiger partial charge in [0.15, 0.2) is 0 Å². The van der Waals surface area contributed by atoms with Gasteiger partial charge in [0.2, 0.25) is 0 Å². The molecule has 1 heterocycles. The summed E-state index contributed by atoms with van der Waals surface area (Å²) in [6.07, 6.45) is 1.46. The van der Waals surface area contributed by atoms with Crippen LogP contribution in [-0.4, -0.2) is 16.8 Å². The molecule has 5 heteroatoms. The molecule has 1 N–H and O–H groups in total. The van der Waals surface area contributed by atoms with Gasteiger partial charge < -0.3 is 4.84 Å². The highest BCUT2D eigenvalue weighted by molar-refractivity contribution is 7.71. The summed E-state index contributed by atoms with van der Waals surface area (Å²) in [6.45, 7) is 0. The third kappa shape index (κ3) is 1.24. The van der Waals surface area contributed by atoms with Crippen LogP contribution in [-0.2, 0) is 0 Å². The summed E-state index contributed by atoms with van der Waals surface area (Å²) in [6, 6.07) is 1.57. The van der Waals surface area contributed by atoms with Crippen molar-refractivity contribution in [2.24, 2.45) is 0 Å². The van der Waals surface area contributed by atoms with E-state index in [1.54, 1.807) is 6.07 Å². The monoisotopic (exact) mass is 158 g/mol. The fraction of sp³-hybridized carbons (Fsp3) is 0.200. The Labute approximate surface area is 62.0 Å². The lowest BCUT2D eigenvalue weighted by molar-refractivity contribution is 0.152. The lowest BCUT2D eigenvalue weighted by Crippen LogP contribution is -2.26. The molecule has 0 saturated heterocycles. The zero-order valence-electron chi connectivity index (χ0n) is 5.33. The minimum atomic E-state index is -0.366. The van der Waals surface area contributed by atoms with Crippen LogP contribution in [0.1, 0.15) is 0 Å². The summed E-state index contributed by atoms with van der Waals surface area (Å²) in [5.74, 6) is 0. The molecular weight excluding hydrogens is 152 g/mol. The van der Waals surface area contributed by atoms with E-state index >= 15 is 0 Å². The first kappa shape index (κ1) is 7.01. The minimum Gasteiger partial charge on any atom is -0.413 e. The van der Waals surface area contributed by atoms with Gasteiger partial charge in [-0.05, 0) is 6.07 Å². The summed E-state index contributed by atoms with van der Waals surface area (Å²) in [5.41, 5.74) is -0.366. The maximum absolute atomic E-state index is 10.8. The van der Waals surface area contributed by atoms with Crippen molar-refractivity contribution >= 4 is 12.2 Å². The number of rotatable bonds is 1. The number of H-pyrrole nitrogens is 1. The lowest BCUT2D eigenvalue weighted by atomic mass is 10.7. The van der Waals surface area contributed by atoms with Crippen LogP contribution < -0.4 is 10.5 Å². The summed E-state index contributed by atoms with van der Waals surface area (Å²) in [7, 11) is 1.40. The van der Waals surface area contributed by atoms with Crippen molar-refractivity contribution in [2.75, 3.05) is 7.11 Å². The highest BCUT2D eigenvalue weighted by Crippen LogP contribution is 1.77. The van der Waals surface area contributed by atoms with Crippen molar-refractivity contribution in [3.8, 4) is 0 Å². The molecule has 1 aromatic heterocycles. The molecule has 0 atom stereocenters. The summed E-state index contributed by atoms with van der Waals surface area (Å²) < 4.78 is 1.45. The number of hydrogen-bond acceptors (Lipinski definition) is 3. The number of aromatic amines is 1. The zero-order valence-corrected chi connectivity index (χ0v) is 6.14. The van der Waals surface area contributed by atoms with Gasteiger partial charge in [-0.2, -0.15) is 0 Å². The van der Waals surface area contributed by atoms with Crippen molar-refractivity contribution in [1.29, 1.82) is 0 Å². The first-order valence-corrected chi connectivity index (χ1v) is 3.01. The molecule has 0 saturated carbocycles. The number of aromatic nitrogens is 2. The van der Waals surface area contributed by atoms with E-state index < -0.39 is 0 Å². The van der Waals surface area contributed by atoms with E-state index in [1.807, 2.05) is 0 Å². The molecule has 0 aliphatic carbocycles. The van der Waals surface area contributed by atoms with Gasteiger partial charge in [0.1, 0.15) is 11.8 Å². The van der Waals surface area contributed by atoms with Gasteiger partial charge in [0.05, 0.1) is 6.20 Å². The fourth-order valence-corrected chi connectivity index (χ4v) is 0.697. The number of nitrogens with one attached hydrogen (secondary N) is 1. The van der Waals surface area contributed by atoms with Gasteiger partial charge in [-0.25, -0.2) is 4.79 Å². The largest absolute Gasteiger partial charge is 0.413 e. The van der Waals surface area contributed by atoms with Gasteiger partial charge in [0, 0.05) is 0 Å². The molecule has 0 bridgehead atoms. The van der Waals surface area contributed by atoms with Gasteiger partial charge in [-0.1, -0.05) is 12.2 Å². The third-order valence-corrected chi connectivity index (χ3v) is 1.23. The molecule has 10 heavy (non-hydrogen) atoms. The predicted molar refractivity (Wildman–Crippen MR) is 38.4 cm³/mol. The predicted octanol–water partition coefficient (Wildman–Crippen LogP) is -0.0357. The smallest absolute Gasteiger partial charge is 0.359 e. The Morgan fingerprint density at radius 3 is 3.00 bits per heavy atom. The summed E-state index contributed by atoms with van der Waals surface area (Å²) >= 11 is 4.68. The van der Waals surface area contributed by atoms with Crippen LogP contribution >= 0.6 is 12.2 Å². The van der Waals surface area contributed by atoms with Crippen molar-refractivity contribution < 1.29 is 4.84 Å². The van der Waals surface area contributed by atoms with E-state index in [-0.39, 0.29) is 5.69 Å². The molecule has 0 aliphatic heterocycles. The molecule has 0 unspecified atom stereocenters. The average Bonchev–Trinajstić information content (AvgIpc) is 1.88. The molecule has 1 aromatic rings. The van der Waals surface area contributed by atoms with Crippen LogP contribution in [0.5, 0.6) is 0 Å². The second-order valence-corrected chi connectivity index (χ2v) is 2.06. The van der Waals surface area contributed by atoms with Crippen LogP contribution in [0, 0.1) is 4.64 Å². The Balaban J connectivity index is 3.34. The van der Waals surface area contributed by atoms with Crippen LogP contribution in [0.4, 0.5) is 0 Å². The van der Waals surface area contributed by atoms with E-state index in [1.165, 1.54) is 13.3 Å². The fourth-order valence-electron chi connectivity index (χ4n) is 0.549. The standard InChI is InChI=1S/C5H6N2O2S/c1-9-7-3-2-4(10)6-5(7)8/h2-3H,1H3,(H,6,8,10). The lowest BCUT2D eigenvalue weighted by Gasteiger charge is -1.98. The second kappa shape index (κ2) is 2.66. The Morgan fingerprint density at radius 1 is 1.80 bits per heavy atom. The molecule has 0 aromatic carbocycles. The van der Waals surface area contributed by atoms with Gasteiger partial charge in [-0.3, -0.25) is 4.98 Å². The molecule has 0 fully saturated rings. The summed E-state index contributed by atoms with van der Waals surface area (Å²) in [5, 5.41) is 0. The molecule has 0 radical (unpaired) electrons. The van der Waals surface area contributed by atoms with E-state index in [0.717, 1.165) is 4.73 Å². The van der Waals surface area contributed by atoms with Crippen molar-refractivity contribution in [1.82, 2.24) is 9.71 Å². The molecule has 0 amide bonds. The van der Waals surface area contributed by atoms with Gasteiger partial charge >= 0.3 is 5.69 Å². The molecular formula is C5H6N2O2S. The topological polar surface area (TPSA) is 47.0 Å². The van der Waals surface area contributed by atoms with Crippen LogP contribution in [0.2, 0.25) is 0 Å². The van der Waals surface area contributed by atoms with Gasteiger partial charge in [0.25, 0.3) is 0 Å². The Bertz CT molecular complexity index is 327. The maximum atomic E-state index is 10.8. The Hall–Kier alpha value is -1.10. The normalized spacial score (nSPS) is 9.30. The summed E-state index contributed by atoms with van der Waals surface area (Å²) in [4.78, 5) is 17.8. The Morgan fingerprint density at radius 2 is 2.50 bits per heavy atom. The molecule has 0 aliphatic rings. The van der Waals surface area contributed by atoms with E-state index in [2.05, 4.69) is 22.0 Å².